The van der Waals surface area contributed by atoms with Crippen molar-refractivity contribution in [3.05, 3.63) is 108 Å². The van der Waals surface area contributed by atoms with E-state index in [0.29, 0.717) is 6.61 Å². The van der Waals surface area contributed by atoms with Crippen LogP contribution < -0.4 is 0 Å². The van der Waals surface area contributed by atoms with Gasteiger partial charge in [0.1, 0.15) is 24.4 Å². The van der Waals surface area contributed by atoms with Gasteiger partial charge in [0.05, 0.1) is 26.4 Å². The van der Waals surface area contributed by atoms with Crippen molar-refractivity contribution in [2.45, 2.75) is 57.5 Å². The number of rotatable bonds is 11. The van der Waals surface area contributed by atoms with Gasteiger partial charge in [-0.15, -0.1) is 0 Å². The SMILES string of the molecule is CC(=O)OC1O[C@H](CO)[C@@H](OCc2ccccc2)[C@H](OCc2ccccc2)[C@@H]1OCc1ccccc1. The van der Waals surface area contributed by atoms with Crippen molar-refractivity contribution in [3.8, 4) is 0 Å². The molecule has 1 N–H and O–H groups in total. The van der Waals surface area contributed by atoms with Crippen LogP contribution in [0.4, 0.5) is 0 Å². The van der Waals surface area contributed by atoms with Gasteiger partial charge in [0, 0.05) is 6.92 Å². The molecule has 7 heteroatoms. The quantitative estimate of drug-likeness (QED) is 0.405. The highest BCUT2D eigenvalue weighted by Crippen LogP contribution is 2.31. The van der Waals surface area contributed by atoms with E-state index in [0.717, 1.165) is 16.7 Å². The topological polar surface area (TPSA) is 83.5 Å². The summed E-state index contributed by atoms with van der Waals surface area (Å²) in [6.45, 7) is 1.80. The monoisotopic (exact) mass is 492 g/mol. The number of ether oxygens (including phenoxy) is 5. The molecule has 0 amide bonds. The molecule has 1 unspecified atom stereocenters. The summed E-state index contributed by atoms with van der Waals surface area (Å²) in [5, 5.41) is 10.2. The molecule has 5 atom stereocenters. The molecule has 190 valence electrons. The van der Waals surface area contributed by atoms with E-state index in [1.807, 2.05) is 91.0 Å². The summed E-state index contributed by atoms with van der Waals surface area (Å²) in [5.41, 5.74) is 2.89. The van der Waals surface area contributed by atoms with E-state index in [9.17, 15) is 9.90 Å². The molecule has 1 aliphatic rings. The minimum Gasteiger partial charge on any atom is -0.433 e. The van der Waals surface area contributed by atoms with Crippen LogP contribution in [0.25, 0.3) is 0 Å². The minimum atomic E-state index is -1.07. The van der Waals surface area contributed by atoms with Gasteiger partial charge in [-0.1, -0.05) is 91.0 Å². The summed E-state index contributed by atoms with van der Waals surface area (Å²) in [5.74, 6) is -0.518. The van der Waals surface area contributed by atoms with Crippen molar-refractivity contribution in [3.63, 3.8) is 0 Å². The number of carbonyl (C=O) groups is 1. The highest BCUT2D eigenvalue weighted by molar-refractivity contribution is 5.66. The summed E-state index contributed by atoms with van der Waals surface area (Å²) < 4.78 is 30.4. The molecule has 3 aromatic carbocycles. The fourth-order valence-corrected chi connectivity index (χ4v) is 4.15. The maximum absolute atomic E-state index is 11.9. The molecule has 0 aromatic heterocycles. The van der Waals surface area contributed by atoms with E-state index in [1.54, 1.807) is 0 Å². The van der Waals surface area contributed by atoms with Gasteiger partial charge in [-0.2, -0.15) is 0 Å². The molecule has 0 spiro atoms. The molecule has 0 saturated carbocycles. The lowest BCUT2D eigenvalue weighted by Gasteiger charge is -2.45. The molecular weight excluding hydrogens is 460 g/mol. The van der Waals surface area contributed by atoms with Crippen molar-refractivity contribution >= 4 is 5.97 Å². The maximum atomic E-state index is 11.9. The van der Waals surface area contributed by atoms with Crippen molar-refractivity contribution < 1.29 is 33.6 Å². The second-order valence-electron chi connectivity index (χ2n) is 8.62. The van der Waals surface area contributed by atoms with E-state index in [1.165, 1.54) is 6.92 Å². The van der Waals surface area contributed by atoms with Crippen molar-refractivity contribution in [1.82, 2.24) is 0 Å². The summed E-state index contributed by atoms with van der Waals surface area (Å²) in [4.78, 5) is 11.9. The van der Waals surface area contributed by atoms with E-state index >= 15 is 0 Å². The Bertz CT molecular complexity index is 1040. The first-order valence-electron chi connectivity index (χ1n) is 12.0. The second-order valence-corrected chi connectivity index (χ2v) is 8.62. The lowest BCUT2D eigenvalue weighted by atomic mass is 9.98. The van der Waals surface area contributed by atoms with Crippen LogP contribution in [0.15, 0.2) is 91.0 Å². The first-order valence-corrected chi connectivity index (χ1v) is 12.0. The summed E-state index contributed by atoms with van der Waals surface area (Å²) in [6, 6.07) is 29.2. The van der Waals surface area contributed by atoms with Gasteiger partial charge in [0.2, 0.25) is 6.29 Å². The van der Waals surface area contributed by atoms with Gasteiger partial charge < -0.3 is 28.8 Å². The Kier molecular flexibility index (Phi) is 9.61. The van der Waals surface area contributed by atoms with Crippen LogP contribution in [0.5, 0.6) is 0 Å². The van der Waals surface area contributed by atoms with Gasteiger partial charge in [0.25, 0.3) is 0 Å². The predicted octanol–water partition coefficient (Wildman–Crippen LogP) is 4.02. The Morgan fingerprint density at radius 2 is 1.11 bits per heavy atom. The first kappa shape index (κ1) is 26.0. The molecule has 36 heavy (non-hydrogen) atoms. The van der Waals surface area contributed by atoms with Crippen LogP contribution in [0.3, 0.4) is 0 Å². The second kappa shape index (κ2) is 13.3. The van der Waals surface area contributed by atoms with Crippen LogP contribution in [0.1, 0.15) is 23.6 Å². The van der Waals surface area contributed by atoms with E-state index < -0.39 is 36.7 Å². The standard InChI is InChI=1S/C29H32O7/c1-21(31)35-29-28(34-20-24-15-9-4-10-16-24)27(33-19-23-13-7-3-8-14-23)26(25(17-30)36-29)32-18-22-11-5-2-6-12-22/h2-16,25-30H,17-20H2,1H3/t25-,26-,27+,28+,29?/m1/s1. The van der Waals surface area contributed by atoms with E-state index in [2.05, 4.69) is 0 Å². The number of benzene rings is 3. The van der Waals surface area contributed by atoms with Gasteiger partial charge in [-0.05, 0) is 16.7 Å². The van der Waals surface area contributed by atoms with Gasteiger partial charge in [-0.3, -0.25) is 4.79 Å². The zero-order valence-electron chi connectivity index (χ0n) is 20.3. The molecule has 1 aliphatic heterocycles. The van der Waals surface area contributed by atoms with Gasteiger partial charge in [0.15, 0.2) is 0 Å². The van der Waals surface area contributed by atoms with Crippen molar-refractivity contribution in [2.75, 3.05) is 6.61 Å². The Hall–Kier alpha value is -3.07. The molecule has 4 rings (SSSR count). The normalized spacial score (nSPS) is 23.8. The molecule has 3 aromatic rings. The fourth-order valence-electron chi connectivity index (χ4n) is 4.15. The number of aliphatic hydroxyl groups excluding tert-OH is 1. The number of hydrogen-bond acceptors (Lipinski definition) is 7. The third-order valence-electron chi connectivity index (χ3n) is 5.91. The van der Waals surface area contributed by atoms with E-state index in [4.69, 9.17) is 23.7 Å². The fraction of sp³-hybridized carbons (Fsp3) is 0.345. The first-order chi connectivity index (χ1) is 17.6. The van der Waals surface area contributed by atoms with Gasteiger partial charge in [-0.25, -0.2) is 0 Å². The van der Waals surface area contributed by atoms with Crippen molar-refractivity contribution in [2.24, 2.45) is 0 Å². The van der Waals surface area contributed by atoms with Crippen molar-refractivity contribution in [1.29, 1.82) is 0 Å². The third-order valence-corrected chi connectivity index (χ3v) is 5.91. The zero-order chi connectivity index (χ0) is 25.2. The molecule has 1 heterocycles. The highest BCUT2D eigenvalue weighted by atomic mass is 16.7. The van der Waals surface area contributed by atoms with E-state index in [-0.39, 0.29) is 19.8 Å². The third kappa shape index (κ3) is 7.22. The molecule has 7 nitrogen and oxygen atoms in total. The van der Waals surface area contributed by atoms with Crippen LogP contribution >= 0.6 is 0 Å². The average Bonchev–Trinajstić information content (AvgIpc) is 2.91. The zero-order valence-corrected chi connectivity index (χ0v) is 20.3. The van der Waals surface area contributed by atoms with Crippen LogP contribution in [-0.4, -0.2) is 48.4 Å². The number of carbonyl (C=O) groups excluding carboxylic acids is 1. The largest absolute Gasteiger partial charge is 0.433 e. The highest BCUT2D eigenvalue weighted by Gasteiger charge is 2.49. The molecule has 0 bridgehead atoms. The average molecular weight is 493 g/mol. The Morgan fingerprint density at radius 1 is 0.694 bits per heavy atom. The van der Waals surface area contributed by atoms with Gasteiger partial charge >= 0.3 is 5.97 Å². The smallest absolute Gasteiger partial charge is 0.305 e. The van der Waals surface area contributed by atoms with Crippen LogP contribution in [0, 0.1) is 0 Å². The molecule has 0 aliphatic carbocycles. The van der Waals surface area contributed by atoms with Crippen LogP contribution in [0.2, 0.25) is 0 Å². The number of hydrogen-bond donors (Lipinski definition) is 1. The Labute approximate surface area is 211 Å². The Balaban J connectivity index is 1.60. The summed E-state index contributed by atoms with van der Waals surface area (Å²) in [7, 11) is 0. The molecule has 1 fully saturated rings. The molecule has 1 saturated heterocycles. The molecular formula is C29H32O7. The maximum Gasteiger partial charge on any atom is 0.305 e. The minimum absolute atomic E-state index is 0.257. The lowest BCUT2D eigenvalue weighted by Crippen LogP contribution is -2.61. The van der Waals surface area contributed by atoms with Crippen LogP contribution in [-0.2, 0) is 48.3 Å². The predicted molar refractivity (Wildman–Crippen MR) is 133 cm³/mol. The lowest BCUT2D eigenvalue weighted by molar-refractivity contribution is -0.318. The number of aliphatic hydroxyl groups is 1. The summed E-state index contributed by atoms with van der Waals surface area (Å²) >= 11 is 0. The number of esters is 1. The Morgan fingerprint density at radius 3 is 1.53 bits per heavy atom. The summed E-state index contributed by atoms with van der Waals surface area (Å²) in [6.07, 6.45) is -4.00. The molecule has 0 radical (unpaired) electrons.